The molecule has 0 aromatic heterocycles. The van der Waals surface area contributed by atoms with Crippen LogP contribution in [-0.4, -0.2) is 66.0 Å². The van der Waals surface area contributed by atoms with Crippen LogP contribution in [0.15, 0.2) is 24.3 Å². The standard InChI is InChI=1S/C30H44N4O7/c1-7-10-11-12-19-34(28(38)23(20-24(31)35)33-29(39)41-30(4,5)6)26(22-15-13-21(8-2)14-16-22)27(37)32-18-17-25(36)40-9-3/h2,13-16,23,26H,7,9-12,17-20H2,1,3-6H3,(H2,31,35)(H,32,37)(H,33,39). The summed E-state index contributed by atoms with van der Waals surface area (Å²) < 4.78 is 10.2. The lowest BCUT2D eigenvalue weighted by atomic mass is 10.00. The Morgan fingerprint density at radius 1 is 1.05 bits per heavy atom. The molecule has 4 N–H and O–H groups in total. The number of nitrogens with two attached hydrogens (primary N) is 1. The van der Waals surface area contributed by atoms with E-state index in [9.17, 15) is 24.0 Å². The largest absolute Gasteiger partial charge is 0.466 e. The van der Waals surface area contributed by atoms with E-state index in [-0.39, 0.29) is 26.1 Å². The maximum atomic E-state index is 14.0. The normalized spacial score (nSPS) is 12.3. The summed E-state index contributed by atoms with van der Waals surface area (Å²) in [6.45, 7) is 9.05. The summed E-state index contributed by atoms with van der Waals surface area (Å²) in [7, 11) is 0. The first-order valence-corrected chi connectivity index (χ1v) is 13.9. The topological polar surface area (TPSA) is 157 Å². The number of hydrogen-bond donors (Lipinski definition) is 3. The second kappa shape index (κ2) is 17.6. The van der Waals surface area contributed by atoms with Gasteiger partial charge in [0.05, 0.1) is 19.4 Å². The molecule has 0 aliphatic carbocycles. The molecule has 0 spiro atoms. The molecule has 0 radical (unpaired) electrons. The molecule has 11 nitrogen and oxygen atoms in total. The number of unbranched alkanes of at least 4 members (excludes halogenated alkanes) is 3. The number of esters is 1. The molecule has 1 aromatic rings. The number of terminal acetylenes is 1. The molecule has 41 heavy (non-hydrogen) atoms. The fraction of sp³-hybridized carbons (Fsp3) is 0.567. The second-order valence-corrected chi connectivity index (χ2v) is 10.5. The smallest absolute Gasteiger partial charge is 0.408 e. The van der Waals surface area contributed by atoms with E-state index >= 15 is 0 Å². The number of primary amides is 1. The minimum absolute atomic E-state index is 0.0185. The first-order chi connectivity index (χ1) is 19.3. The van der Waals surface area contributed by atoms with Crippen molar-refractivity contribution in [2.45, 2.75) is 90.8 Å². The third-order valence-electron chi connectivity index (χ3n) is 5.82. The fourth-order valence-corrected chi connectivity index (χ4v) is 3.98. The second-order valence-electron chi connectivity index (χ2n) is 10.5. The number of benzene rings is 1. The molecular weight excluding hydrogens is 528 g/mol. The number of nitrogens with zero attached hydrogens (tertiary/aromatic N) is 1. The van der Waals surface area contributed by atoms with E-state index < -0.39 is 53.9 Å². The van der Waals surface area contributed by atoms with Crippen molar-refractivity contribution in [1.82, 2.24) is 15.5 Å². The predicted octanol–water partition coefficient (Wildman–Crippen LogP) is 2.96. The molecule has 0 aliphatic heterocycles. The molecule has 226 valence electrons. The summed E-state index contributed by atoms with van der Waals surface area (Å²) in [4.78, 5) is 65.3. The van der Waals surface area contributed by atoms with E-state index in [0.29, 0.717) is 17.5 Å². The van der Waals surface area contributed by atoms with Crippen molar-refractivity contribution in [2.75, 3.05) is 19.7 Å². The minimum Gasteiger partial charge on any atom is -0.466 e. The molecule has 1 rings (SSSR count). The van der Waals surface area contributed by atoms with Gasteiger partial charge in [0.25, 0.3) is 0 Å². The van der Waals surface area contributed by atoms with Crippen LogP contribution in [0.5, 0.6) is 0 Å². The summed E-state index contributed by atoms with van der Waals surface area (Å²) in [6, 6.07) is 4.03. The molecule has 0 saturated carbocycles. The summed E-state index contributed by atoms with van der Waals surface area (Å²) in [6.07, 6.45) is 7.24. The summed E-state index contributed by atoms with van der Waals surface area (Å²) in [5, 5.41) is 5.16. The summed E-state index contributed by atoms with van der Waals surface area (Å²) in [5.74, 6) is -0.0146. The number of amides is 4. The van der Waals surface area contributed by atoms with E-state index in [1.54, 1.807) is 52.0 Å². The maximum absolute atomic E-state index is 14.0. The Hall–Kier alpha value is -4.07. The van der Waals surface area contributed by atoms with E-state index in [4.69, 9.17) is 21.6 Å². The number of alkyl carbamates (subject to hydrolysis) is 1. The number of carbonyl (C=O) groups excluding carboxylic acids is 5. The van der Waals surface area contributed by atoms with Gasteiger partial charge in [-0.25, -0.2) is 4.79 Å². The van der Waals surface area contributed by atoms with E-state index in [1.807, 2.05) is 6.92 Å². The van der Waals surface area contributed by atoms with Crippen LogP contribution >= 0.6 is 0 Å². The van der Waals surface area contributed by atoms with Crippen LogP contribution < -0.4 is 16.4 Å². The van der Waals surface area contributed by atoms with E-state index in [2.05, 4.69) is 16.6 Å². The van der Waals surface area contributed by atoms with Crippen molar-refractivity contribution < 1.29 is 33.4 Å². The summed E-state index contributed by atoms with van der Waals surface area (Å²) >= 11 is 0. The lowest BCUT2D eigenvalue weighted by Crippen LogP contribution is -2.54. The lowest BCUT2D eigenvalue weighted by Gasteiger charge is -2.34. The van der Waals surface area contributed by atoms with Crippen molar-refractivity contribution in [3.8, 4) is 12.3 Å². The lowest BCUT2D eigenvalue weighted by molar-refractivity contribution is -0.144. The average Bonchev–Trinajstić information content (AvgIpc) is 2.88. The van der Waals surface area contributed by atoms with Crippen molar-refractivity contribution in [3.63, 3.8) is 0 Å². The van der Waals surface area contributed by atoms with Gasteiger partial charge < -0.3 is 30.7 Å². The zero-order valence-corrected chi connectivity index (χ0v) is 24.8. The monoisotopic (exact) mass is 572 g/mol. The molecule has 2 atom stereocenters. The first kappa shape index (κ1) is 35.0. The van der Waals surface area contributed by atoms with Gasteiger partial charge in [-0.1, -0.05) is 44.2 Å². The van der Waals surface area contributed by atoms with Crippen LogP contribution in [0.2, 0.25) is 0 Å². The van der Waals surface area contributed by atoms with Crippen LogP contribution in [0.3, 0.4) is 0 Å². The zero-order chi connectivity index (χ0) is 31.0. The Kier molecular flexibility index (Phi) is 15.0. The highest BCUT2D eigenvalue weighted by molar-refractivity contribution is 5.94. The molecule has 4 amide bonds. The summed E-state index contributed by atoms with van der Waals surface area (Å²) in [5.41, 5.74) is 5.60. The van der Waals surface area contributed by atoms with Gasteiger partial charge >= 0.3 is 12.1 Å². The predicted molar refractivity (Wildman–Crippen MR) is 154 cm³/mol. The van der Waals surface area contributed by atoms with Gasteiger partial charge in [-0.15, -0.1) is 6.42 Å². The van der Waals surface area contributed by atoms with E-state index in [0.717, 1.165) is 19.3 Å². The zero-order valence-electron chi connectivity index (χ0n) is 24.8. The number of carbonyl (C=O) groups is 5. The van der Waals surface area contributed by atoms with Crippen LogP contribution in [0.4, 0.5) is 4.79 Å². The Balaban J connectivity index is 3.48. The molecular formula is C30H44N4O7. The van der Waals surface area contributed by atoms with Crippen molar-refractivity contribution in [1.29, 1.82) is 0 Å². The molecule has 0 heterocycles. The van der Waals surface area contributed by atoms with Crippen LogP contribution in [0, 0.1) is 12.3 Å². The minimum atomic E-state index is -1.38. The van der Waals surface area contributed by atoms with Gasteiger partial charge in [0.15, 0.2) is 0 Å². The Morgan fingerprint density at radius 3 is 2.24 bits per heavy atom. The maximum Gasteiger partial charge on any atom is 0.408 e. The number of nitrogens with one attached hydrogen (secondary N) is 2. The van der Waals surface area contributed by atoms with E-state index in [1.165, 1.54) is 4.90 Å². The first-order valence-electron chi connectivity index (χ1n) is 13.9. The van der Waals surface area contributed by atoms with Crippen LogP contribution in [0.1, 0.15) is 90.3 Å². The van der Waals surface area contributed by atoms with Crippen molar-refractivity contribution >= 4 is 29.8 Å². The molecule has 0 bridgehead atoms. The fourth-order valence-electron chi connectivity index (χ4n) is 3.98. The van der Waals surface area contributed by atoms with Crippen LogP contribution in [-0.2, 0) is 28.7 Å². The molecule has 2 unspecified atom stereocenters. The van der Waals surface area contributed by atoms with Gasteiger partial charge in [0.1, 0.15) is 17.7 Å². The van der Waals surface area contributed by atoms with Crippen LogP contribution in [0.25, 0.3) is 0 Å². The van der Waals surface area contributed by atoms with Gasteiger partial charge in [-0.3, -0.25) is 19.2 Å². The van der Waals surface area contributed by atoms with Gasteiger partial charge in [-0.05, 0) is 51.8 Å². The number of ether oxygens (including phenoxy) is 2. The van der Waals surface area contributed by atoms with Gasteiger partial charge in [0.2, 0.25) is 17.7 Å². The Bertz CT molecular complexity index is 1070. The number of rotatable bonds is 16. The average molecular weight is 573 g/mol. The number of hydrogen-bond acceptors (Lipinski definition) is 7. The third-order valence-corrected chi connectivity index (χ3v) is 5.82. The highest BCUT2D eigenvalue weighted by Gasteiger charge is 2.36. The van der Waals surface area contributed by atoms with Gasteiger partial charge in [0, 0.05) is 18.7 Å². The molecule has 0 aliphatic rings. The molecule has 0 saturated heterocycles. The SMILES string of the molecule is C#Cc1ccc(C(C(=O)NCCC(=O)OCC)N(CCCCCC)C(=O)C(CC(N)=O)NC(=O)OC(C)(C)C)cc1. The Morgan fingerprint density at radius 2 is 1.71 bits per heavy atom. The highest BCUT2D eigenvalue weighted by Crippen LogP contribution is 2.25. The van der Waals surface area contributed by atoms with Crippen molar-refractivity contribution in [2.24, 2.45) is 5.73 Å². The Labute approximate surface area is 242 Å². The van der Waals surface area contributed by atoms with Crippen molar-refractivity contribution in [3.05, 3.63) is 35.4 Å². The quantitative estimate of drug-likeness (QED) is 0.156. The van der Waals surface area contributed by atoms with Gasteiger partial charge in [-0.2, -0.15) is 0 Å². The third kappa shape index (κ3) is 13.2. The highest BCUT2D eigenvalue weighted by atomic mass is 16.6. The molecule has 1 aromatic carbocycles. The molecule has 0 fully saturated rings. The molecule has 11 heteroatoms.